The number of aryl methyl sites for hydroxylation is 2. The van der Waals surface area contributed by atoms with E-state index in [9.17, 15) is 4.79 Å². The molecule has 1 aromatic heterocycles. The third-order valence-corrected chi connectivity index (χ3v) is 6.06. The molecule has 0 saturated carbocycles. The minimum Gasteiger partial charge on any atom is -0.494 e. The van der Waals surface area contributed by atoms with Crippen molar-refractivity contribution in [1.29, 1.82) is 0 Å². The van der Waals surface area contributed by atoms with Crippen LogP contribution in [0.3, 0.4) is 0 Å². The fourth-order valence-electron chi connectivity index (χ4n) is 3.86. The second-order valence-electron chi connectivity index (χ2n) is 8.41. The van der Waals surface area contributed by atoms with Gasteiger partial charge in [0.1, 0.15) is 11.6 Å². The van der Waals surface area contributed by atoms with Crippen LogP contribution >= 0.6 is 0 Å². The third kappa shape index (κ3) is 6.59. The second-order valence-corrected chi connectivity index (χ2v) is 8.41. The molecule has 32 heavy (non-hydrogen) atoms. The molecule has 3 aromatic rings. The smallest absolute Gasteiger partial charge is 0.219 e. The topological polar surface area (TPSA) is 56.2 Å². The van der Waals surface area contributed by atoms with E-state index < -0.39 is 0 Å². The number of unbranched alkanes of at least 4 members (excludes halogenated alkanes) is 1. The number of carbonyl (C=O) groups is 1. The van der Waals surface area contributed by atoms with Gasteiger partial charge in [-0.1, -0.05) is 45.0 Å². The average Bonchev–Trinajstić information content (AvgIpc) is 3.18. The number of amides is 1. The molecule has 1 heterocycles. The van der Waals surface area contributed by atoms with Crippen LogP contribution < -0.4 is 10.1 Å². The number of nitrogens with one attached hydrogen (secondary N) is 1. The molecule has 0 radical (unpaired) electrons. The second kappa shape index (κ2) is 12.3. The van der Waals surface area contributed by atoms with Gasteiger partial charge >= 0.3 is 0 Å². The lowest BCUT2D eigenvalue weighted by atomic mass is 9.99. The summed E-state index contributed by atoms with van der Waals surface area (Å²) < 4.78 is 8.29. The van der Waals surface area contributed by atoms with Crippen molar-refractivity contribution < 1.29 is 9.53 Å². The highest BCUT2D eigenvalue weighted by Crippen LogP contribution is 2.22. The lowest BCUT2D eigenvalue weighted by Crippen LogP contribution is -2.23. The lowest BCUT2D eigenvalue weighted by molar-refractivity contribution is -0.120. The molecule has 0 bridgehead atoms. The molecule has 0 saturated heterocycles. The molecule has 0 fully saturated rings. The maximum Gasteiger partial charge on any atom is 0.219 e. The quantitative estimate of drug-likeness (QED) is 0.342. The largest absolute Gasteiger partial charge is 0.494 e. The molecule has 0 aliphatic heterocycles. The number of ether oxygens (including phenoxy) is 1. The van der Waals surface area contributed by atoms with Crippen LogP contribution in [0.1, 0.15) is 70.2 Å². The number of nitrogens with zero attached hydrogens (tertiary/aromatic N) is 2. The minimum absolute atomic E-state index is 0.105. The first-order valence-corrected chi connectivity index (χ1v) is 12.1. The third-order valence-electron chi connectivity index (χ3n) is 6.06. The molecule has 2 aromatic carbocycles. The summed E-state index contributed by atoms with van der Waals surface area (Å²) in [5.41, 5.74) is 3.59. The summed E-state index contributed by atoms with van der Waals surface area (Å²) in [4.78, 5) is 16.3. The lowest BCUT2D eigenvalue weighted by Gasteiger charge is -2.12. The average molecular weight is 436 g/mol. The summed E-state index contributed by atoms with van der Waals surface area (Å²) in [7, 11) is 0. The van der Waals surface area contributed by atoms with Gasteiger partial charge in [0, 0.05) is 25.9 Å². The summed E-state index contributed by atoms with van der Waals surface area (Å²) in [5.74, 6) is 2.73. The Balaban J connectivity index is 1.50. The number of para-hydroxylation sites is 2. The van der Waals surface area contributed by atoms with Crippen molar-refractivity contribution in [3.8, 4) is 5.75 Å². The first-order valence-electron chi connectivity index (χ1n) is 12.1. The van der Waals surface area contributed by atoms with Crippen LogP contribution in [0.25, 0.3) is 11.0 Å². The summed E-state index contributed by atoms with van der Waals surface area (Å²) >= 11 is 0. The van der Waals surface area contributed by atoms with Gasteiger partial charge < -0.3 is 14.6 Å². The van der Waals surface area contributed by atoms with Crippen molar-refractivity contribution in [3.05, 3.63) is 59.9 Å². The van der Waals surface area contributed by atoms with Crippen LogP contribution in [0, 0.1) is 0 Å². The van der Waals surface area contributed by atoms with E-state index in [4.69, 9.17) is 9.72 Å². The molecule has 1 N–H and O–H groups in total. The van der Waals surface area contributed by atoms with Crippen LogP contribution in [0.4, 0.5) is 0 Å². The van der Waals surface area contributed by atoms with Crippen molar-refractivity contribution in [2.45, 2.75) is 71.8 Å². The Labute approximate surface area is 192 Å². The van der Waals surface area contributed by atoms with Gasteiger partial charge in [0.2, 0.25) is 5.91 Å². The molecule has 1 atom stereocenters. The van der Waals surface area contributed by atoms with E-state index in [0.717, 1.165) is 55.7 Å². The molecular formula is C27H37N3O2. The van der Waals surface area contributed by atoms with Gasteiger partial charge in [-0.05, 0) is 61.4 Å². The van der Waals surface area contributed by atoms with E-state index in [2.05, 4.69) is 66.2 Å². The predicted molar refractivity (Wildman–Crippen MR) is 131 cm³/mol. The summed E-state index contributed by atoms with van der Waals surface area (Å²) in [5, 5.41) is 2.95. The van der Waals surface area contributed by atoms with E-state index in [1.807, 2.05) is 13.0 Å². The Morgan fingerprint density at radius 2 is 1.84 bits per heavy atom. The Hall–Kier alpha value is -2.82. The Kier molecular flexibility index (Phi) is 9.14. The number of hydrogen-bond acceptors (Lipinski definition) is 3. The fourth-order valence-corrected chi connectivity index (χ4v) is 3.86. The first-order chi connectivity index (χ1) is 15.6. The van der Waals surface area contributed by atoms with Crippen molar-refractivity contribution in [3.63, 3.8) is 0 Å². The predicted octanol–water partition coefficient (Wildman–Crippen LogP) is 5.87. The number of aromatic nitrogens is 2. The Morgan fingerprint density at radius 3 is 2.59 bits per heavy atom. The van der Waals surface area contributed by atoms with E-state index >= 15 is 0 Å². The Bertz CT molecular complexity index is 978. The number of rotatable bonds is 13. The van der Waals surface area contributed by atoms with E-state index in [0.29, 0.717) is 25.5 Å². The monoisotopic (exact) mass is 435 g/mol. The van der Waals surface area contributed by atoms with Crippen molar-refractivity contribution >= 4 is 16.9 Å². The van der Waals surface area contributed by atoms with Crippen molar-refractivity contribution in [2.24, 2.45) is 0 Å². The summed E-state index contributed by atoms with van der Waals surface area (Å²) in [6, 6.07) is 16.8. The van der Waals surface area contributed by atoms with Crippen LogP contribution in [0.15, 0.2) is 48.5 Å². The van der Waals surface area contributed by atoms with Gasteiger partial charge in [0.05, 0.1) is 17.6 Å². The number of imidazole rings is 1. The van der Waals surface area contributed by atoms with Crippen LogP contribution in [0.2, 0.25) is 0 Å². The molecule has 1 amide bonds. The van der Waals surface area contributed by atoms with Gasteiger partial charge in [-0.15, -0.1) is 0 Å². The maximum absolute atomic E-state index is 11.5. The molecule has 1 unspecified atom stereocenters. The van der Waals surface area contributed by atoms with Gasteiger partial charge in [-0.3, -0.25) is 4.79 Å². The van der Waals surface area contributed by atoms with E-state index in [1.54, 1.807) is 0 Å². The molecule has 172 valence electrons. The molecule has 5 heteroatoms. The van der Waals surface area contributed by atoms with Gasteiger partial charge in [0.25, 0.3) is 0 Å². The minimum atomic E-state index is 0.105. The zero-order valence-electron chi connectivity index (χ0n) is 19.8. The van der Waals surface area contributed by atoms with Gasteiger partial charge in [0.15, 0.2) is 0 Å². The SMILES string of the molecule is CCC(=O)NCCCc1nc2ccccc2n1CCCCOc1ccc(C(C)CC)cc1. The zero-order valence-corrected chi connectivity index (χ0v) is 19.8. The fraction of sp³-hybridized carbons (Fsp3) is 0.481. The summed E-state index contributed by atoms with van der Waals surface area (Å²) in [6.45, 7) is 8.68. The highest BCUT2D eigenvalue weighted by atomic mass is 16.5. The molecule has 0 aliphatic carbocycles. The van der Waals surface area contributed by atoms with Crippen LogP contribution in [-0.4, -0.2) is 28.6 Å². The maximum atomic E-state index is 11.5. The molecule has 0 aliphatic rings. The van der Waals surface area contributed by atoms with Gasteiger partial charge in [-0.2, -0.15) is 0 Å². The number of fused-ring (bicyclic) bond motifs is 1. The number of carbonyl (C=O) groups excluding carboxylic acids is 1. The molecule has 5 nitrogen and oxygen atoms in total. The van der Waals surface area contributed by atoms with Crippen molar-refractivity contribution in [2.75, 3.05) is 13.2 Å². The highest BCUT2D eigenvalue weighted by Gasteiger charge is 2.10. The first kappa shape index (κ1) is 23.8. The van der Waals surface area contributed by atoms with E-state index in [1.165, 1.54) is 11.1 Å². The van der Waals surface area contributed by atoms with E-state index in [-0.39, 0.29) is 5.91 Å². The molecule has 0 spiro atoms. The zero-order chi connectivity index (χ0) is 22.8. The van der Waals surface area contributed by atoms with Crippen LogP contribution in [-0.2, 0) is 17.8 Å². The summed E-state index contributed by atoms with van der Waals surface area (Å²) in [6.07, 6.45) is 5.46. The normalized spacial score (nSPS) is 12.1. The van der Waals surface area contributed by atoms with Gasteiger partial charge in [-0.25, -0.2) is 4.98 Å². The van der Waals surface area contributed by atoms with Crippen molar-refractivity contribution in [1.82, 2.24) is 14.9 Å². The molecular weight excluding hydrogens is 398 g/mol. The highest BCUT2D eigenvalue weighted by molar-refractivity contribution is 5.76. The number of hydrogen-bond donors (Lipinski definition) is 1. The number of benzene rings is 2. The van der Waals surface area contributed by atoms with Crippen LogP contribution in [0.5, 0.6) is 5.75 Å². The standard InChI is InChI=1S/C27H37N3O2/c1-4-21(3)22-14-16-23(17-15-22)32-20-9-8-19-30-25-12-7-6-11-24(25)29-26(30)13-10-18-28-27(31)5-2/h6-7,11-12,14-17,21H,4-5,8-10,13,18-20H2,1-3H3,(H,28,31). The Morgan fingerprint density at radius 1 is 1.06 bits per heavy atom. The molecule has 3 rings (SSSR count).